The van der Waals surface area contributed by atoms with Gasteiger partial charge in [0.15, 0.2) is 10.9 Å². The number of aromatic nitrogens is 3. The Labute approximate surface area is 133 Å². The molecule has 2 aromatic heterocycles. The number of para-hydroxylation sites is 2. The molecule has 0 bridgehead atoms. The first-order valence-corrected chi connectivity index (χ1v) is 8.02. The van der Waals surface area contributed by atoms with Gasteiger partial charge in [0.1, 0.15) is 0 Å². The van der Waals surface area contributed by atoms with Gasteiger partial charge in [0.05, 0.1) is 22.5 Å². The number of carbonyl (C=O) groups excluding carboxylic acids is 1. The van der Waals surface area contributed by atoms with Gasteiger partial charge in [0, 0.05) is 19.8 Å². The summed E-state index contributed by atoms with van der Waals surface area (Å²) in [6.45, 7) is 4.48. The van der Waals surface area contributed by atoms with Crippen LogP contribution in [0.25, 0.3) is 11.0 Å². The average molecular weight is 311 g/mol. The SMILES string of the molecule is C=CCn1c(SCC(=O)c2cccn2C)nc2ccccc21. The summed E-state index contributed by atoms with van der Waals surface area (Å²) in [5, 5.41) is 0.851. The van der Waals surface area contributed by atoms with Crippen LogP contribution in [0.1, 0.15) is 10.5 Å². The van der Waals surface area contributed by atoms with Crippen LogP contribution < -0.4 is 0 Å². The number of Topliss-reactive ketones (excluding diaryl/α,β-unsaturated/α-hetero) is 1. The van der Waals surface area contributed by atoms with Gasteiger partial charge >= 0.3 is 0 Å². The van der Waals surface area contributed by atoms with Crippen LogP contribution in [0.3, 0.4) is 0 Å². The smallest absolute Gasteiger partial charge is 0.189 e. The standard InChI is InChI=1S/C17H17N3OS/c1-3-10-20-14-8-5-4-7-13(14)18-17(20)22-12-16(21)15-9-6-11-19(15)2/h3-9,11H,1,10,12H2,2H3. The van der Waals surface area contributed by atoms with Gasteiger partial charge in [-0.15, -0.1) is 6.58 Å². The number of hydrogen-bond acceptors (Lipinski definition) is 3. The maximum Gasteiger partial charge on any atom is 0.189 e. The van der Waals surface area contributed by atoms with E-state index < -0.39 is 0 Å². The number of thioether (sulfide) groups is 1. The molecule has 112 valence electrons. The molecule has 0 aliphatic carbocycles. The largest absolute Gasteiger partial charge is 0.348 e. The van der Waals surface area contributed by atoms with Crippen LogP contribution in [-0.4, -0.2) is 25.7 Å². The zero-order valence-corrected chi connectivity index (χ0v) is 13.2. The zero-order valence-electron chi connectivity index (χ0n) is 12.4. The van der Waals surface area contributed by atoms with Gasteiger partial charge in [-0.25, -0.2) is 4.98 Å². The van der Waals surface area contributed by atoms with Crippen molar-refractivity contribution in [2.24, 2.45) is 7.05 Å². The van der Waals surface area contributed by atoms with Crippen molar-refractivity contribution < 1.29 is 4.79 Å². The Balaban J connectivity index is 1.84. The number of carbonyl (C=O) groups is 1. The van der Waals surface area contributed by atoms with E-state index in [1.54, 1.807) is 0 Å². The van der Waals surface area contributed by atoms with Crippen LogP contribution in [0.2, 0.25) is 0 Å². The van der Waals surface area contributed by atoms with E-state index >= 15 is 0 Å². The van der Waals surface area contributed by atoms with Gasteiger partial charge in [-0.1, -0.05) is 30.0 Å². The van der Waals surface area contributed by atoms with Crippen molar-refractivity contribution in [2.45, 2.75) is 11.7 Å². The molecule has 22 heavy (non-hydrogen) atoms. The predicted molar refractivity (Wildman–Crippen MR) is 90.4 cm³/mol. The van der Waals surface area contributed by atoms with E-state index in [-0.39, 0.29) is 5.78 Å². The van der Waals surface area contributed by atoms with E-state index in [0.29, 0.717) is 12.3 Å². The van der Waals surface area contributed by atoms with Crippen molar-refractivity contribution in [3.05, 3.63) is 60.9 Å². The quantitative estimate of drug-likeness (QED) is 0.397. The molecule has 0 fully saturated rings. The van der Waals surface area contributed by atoms with Crippen molar-refractivity contribution in [1.82, 2.24) is 14.1 Å². The summed E-state index contributed by atoms with van der Waals surface area (Å²) in [5.41, 5.74) is 2.73. The molecular formula is C17H17N3OS. The van der Waals surface area contributed by atoms with Crippen LogP contribution in [0.15, 0.2) is 60.4 Å². The van der Waals surface area contributed by atoms with Gasteiger partial charge in [0.2, 0.25) is 0 Å². The molecule has 3 aromatic rings. The Morgan fingerprint density at radius 1 is 1.32 bits per heavy atom. The minimum atomic E-state index is 0.106. The van der Waals surface area contributed by atoms with E-state index in [4.69, 9.17) is 0 Å². The van der Waals surface area contributed by atoms with Crippen LogP contribution in [0.4, 0.5) is 0 Å². The van der Waals surface area contributed by atoms with Crippen molar-refractivity contribution in [1.29, 1.82) is 0 Å². The highest BCUT2D eigenvalue weighted by atomic mass is 32.2. The first-order valence-electron chi connectivity index (χ1n) is 7.04. The summed E-state index contributed by atoms with van der Waals surface area (Å²) in [6, 6.07) is 11.7. The number of rotatable bonds is 6. The van der Waals surface area contributed by atoms with Crippen LogP contribution in [0, 0.1) is 0 Å². The van der Waals surface area contributed by atoms with Gasteiger partial charge in [-0.2, -0.15) is 0 Å². The number of imidazole rings is 1. The molecule has 3 rings (SSSR count). The van der Waals surface area contributed by atoms with Crippen LogP contribution in [0.5, 0.6) is 0 Å². The maximum atomic E-state index is 12.3. The Bertz CT molecular complexity index is 831. The lowest BCUT2D eigenvalue weighted by Gasteiger charge is -2.06. The van der Waals surface area contributed by atoms with Gasteiger partial charge in [-0.3, -0.25) is 4.79 Å². The number of hydrogen-bond donors (Lipinski definition) is 0. The molecule has 0 saturated heterocycles. The maximum absolute atomic E-state index is 12.3. The monoisotopic (exact) mass is 311 g/mol. The second-order valence-electron chi connectivity index (χ2n) is 5.00. The van der Waals surface area contributed by atoms with Crippen LogP contribution >= 0.6 is 11.8 Å². The minimum Gasteiger partial charge on any atom is -0.348 e. The van der Waals surface area contributed by atoms with E-state index in [0.717, 1.165) is 21.9 Å². The molecule has 0 unspecified atom stereocenters. The van der Waals surface area contributed by atoms with Gasteiger partial charge < -0.3 is 9.13 Å². The third-order valence-corrected chi connectivity index (χ3v) is 4.47. The molecule has 2 heterocycles. The Morgan fingerprint density at radius 2 is 2.14 bits per heavy atom. The zero-order chi connectivity index (χ0) is 15.5. The lowest BCUT2D eigenvalue weighted by Crippen LogP contribution is -2.08. The third kappa shape index (κ3) is 2.72. The highest BCUT2D eigenvalue weighted by Gasteiger charge is 2.14. The normalized spacial score (nSPS) is 11.0. The third-order valence-electron chi connectivity index (χ3n) is 3.49. The van der Waals surface area contributed by atoms with Crippen molar-refractivity contribution >= 4 is 28.6 Å². The molecule has 0 atom stereocenters. The molecule has 0 N–H and O–H groups in total. The second kappa shape index (κ2) is 6.23. The molecular weight excluding hydrogens is 294 g/mol. The lowest BCUT2D eigenvalue weighted by molar-refractivity contribution is 0.101. The number of nitrogens with zero attached hydrogens (tertiary/aromatic N) is 3. The first-order chi connectivity index (χ1) is 10.7. The van der Waals surface area contributed by atoms with Crippen LogP contribution in [-0.2, 0) is 13.6 Å². The highest BCUT2D eigenvalue weighted by molar-refractivity contribution is 7.99. The van der Waals surface area contributed by atoms with E-state index in [1.807, 2.05) is 60.3 Å². The molecule has 0 aliphatic heterocycles. The van der Waals surface area contributed by atoms with Crippen molar-refractivity contribution in [3.8, 4) is 0 Å². The van der Waals surface area contributed by atoms with E-state index in [9.17, 15) is 4.79 Å². The highest BCUT2D eigenvalue weighted by Crippen LogP contribution is 2.24. The van der Waals surface area contributed by atoms with Crippen molar-refractivity contribution in [3.63, 3.8) is 0 Å². The fourth-order valence-electron chi connectivity index (χ4n) is 2.42. The second-order valence-corrected chi connectivity index (χ2v) is 5.94. The van der Waals surface area contributed by atoms with Gasteiger partial charge in [-0.05, 0) is 24.3 Å². The molecule has 0 aliphatic rings. The van der Waals surface area contributed by atoms with Gasteiger partial charge in [0.25, 0.3) is 0 Å². The summed E-state index contributed by atoms with van der Waals surface area (Å²) >= 11 is 1.47. The van der Waals surface area contributed by atoms with Crippen molar-refractivity contribution in [2.75, 3.05) is 5.75 Å². The summed E-state index contributed by atoms with van der Waals surface area (Å²) < 4.78 is 3.93. The number of allylic oxidation sites excluding steroid dienone is 1. The first kappa shape index (κ1) is 14.7. The van der Waals surface area contributed by atoms with E-state index in [1.165, 1.54) is 11.8 Å². The fraction of sp³-hybridized carbons (Fsp3) is 0.176. The minimum absolute atomic E-state index is 0.106. The summed E-state index contributed by atoms with van der Waals surface area (Å²) in [4.78, 5) is 16.9. The number of aryl methyl sites for hydroxylation is 1. The van der Waals surface area contributed by atoms with E-state index in [2.05, 4.69) is 16.1 Å². The fourth-order valence-corrected chi connectivity index (χ4v) is 3.32. The lowest BCUT2D eigenvalue weighted by atomic mass is 10.3. The summed E-state index contributed by atoms with van der Waals surface area (Å²) in [6.07, 6.45) is 3.72. The molecule has 4 nitrogen and oxygen atoms in total. The molecule has 0 saturated carbocycles. The number of benzene rings is 1. The topological polar surface area (TPSA) is 39.8 Å². The number of ketones is 1. The number of fused-ring (bicyclic) bond motifs is 1. The average Bonchev–Trinajstić information content (AvgIpc) is 3.10. The Kier molecular flexibility index (Phi) is 4.15. The molecule has 0 amide bonds. The predicted octanol–water partition coefficient (Wildman–Crippen LogP) is 3.54. The Morgan fingerprint density at radius 3 is 2.86 bits per heavy atom. The molecule has 0 spiro atoms. The summed E-state index contributed by atoms with van der Waals surface area (Å²) in [7, 11) is 1.88. The molecule has 1 aromatic carbocycles. The molecule has 0 radical (unpaired) electrons. The summed E-state index contributed by atoms with van der Waals surface area (Å²) in [5.74, 6) is 0.480. The molecule has 5 heteroatoms. The Hall–Kier alpha value is -2.27.